The van der Waals surface area contributed by atoms with Crippen LogP contribution in [0.2, 0.25) is 0 Å². The largest absolute Gasteiger partial charge is 0.493 e. The van der Waals surface area contributed by atoms with Crippen LogP contribution in [0.3, 0.4) is 0 Å². The minimum atomic E-state index is 0.752. The third-order valence-corrected chi connectivity index (χ3v) is 5.70. The quantitative estimate of drug-likeness (QED) is 0.366. The molecule has 0 bridgehead atoms. The van der Waals surface area contributed by atoms with Crippen LogP contribution in [-0.2, 0) is 17.7 Å². The Kier molecular flexibility index (Phi) is 8.00. The number of nitrogens with zero attached hydrogens (tertiary/aromatic N) is 3. The first-order chi connectivity index (χ1) is 14.1. The summed E-state index contributed by atoms with van der Waals surface area (Å²) in [5.41, 5.74) is 2.68. The van der Waals surface area contributed by atoms with Gasteiger partial charge in [-0.3, -0.25) is 9.89 Å². The van der Waals surface area contributed by atoms with E-state index in [1.165, 1.54) is 24.0 Å². The van der Waals surface area contributed by atoms with E-state index < -0.39 is 0 Å². The molecule has 0 unspecified atom stereocenters. The third-order valence-electron chi connectivity index (χ3n) is 5.70. The standard InChI is InChI=1S/C22H36N4O3/c1-23-22(25(2)11-12-29-16-17-5-6-17)24-8-10-26-9-7-18-13-20(27-3)21(28-4)14-19(18)15-26/h13-14,17H,5-12,15-16H2,1-4H3,(H,23,24). The van der Waals surface area contributed by atoms with Crippen LogP contribution >= 0.6 is 0 Å². The summed E-state index contributed by atoms with van der Waals surface area (Å²) in [6.45, 7) is 6.33. The van der Waals surface area contributed by atoms with Crippen LogP contribution in [0.15, 0.2) is 17.1 Å². The Labute approximate surface area is 175 Å². The Balaban J connectivity index is 1.41. The Bertz CT molecular complexity index is 691. The topological polar surface area (TPSA) is 58.6 Å². The predicted octanol–water partition coefficient (Wildman–Crippen LogP) is 2.00. The molecule has 3 rings (SSSR count). The number of nitrogens with one attached hydrogen (secondary N) is 1. The van der Waals surface area contributed by atoms with E-state index in [2.05, 4.69) is 39.3 Å². The van der Waals surface area contributed by atoms with Gasteiger partial charge in [-0.05, 0) is 48.4 Å². The Morgan fingerprint density at radius 3 is 2.59 bits per heavy atom. The van der Waals surface area contributed by atoms with Crippen LogP contribution in [0.1, 0.15) is 24.0 Å². The maximum Gasteiger partial charge on any atom is 0.193 e. The molecule has 1 saturated carbocycles. The van der Waals surface area contributed by atoms with Gasteiger partial charge in [-0.25, -0.2) is 0 Å². The number of hydrogen-bond acceptors (Lipinski definition) is 5. The molecule has 1 fully saturated rings. The molecule has 0 spiro atoms. The molecule has 0 atom stereocenters. The van der Waals surface area contributed by atoms with E-state index in [4.69, 9.17) is 14.2 Å². The van der Waals surface area contributed by atoms with E-state index in [0.29, 0.717) is 0 Å². The summed E-state index contributed by atoms with van der Waals surface area (Å²) in [4.78, 5) is 9.00. The number of fused-ring (bicyclic) bond motifs is 1. The maximum absolute atomic E-state index is 5.74. The summed E-state index contributed by atoms with van der Waals surface area (Å²) < 4.78 is 16.6. The van der Waals surface area contributed by atoms with Crippen molar-refractivity contribution in [1.29, 1.82) is 0 Å². The molecule has 0 amide bonds. The van der Waals surface area contributed by atoms with Crippen molar-refractivity contribution in [3.63, 3.8) is 0 Å². The number of ether oxygens (including phenoxy) is 3. The summed E-state index contributed by atoms with van der Waals surface area (Å²) in [6.07, 6.45) is 3.70. The molecule has 1 N–H and O–H groups in total. The molecule has 1 aliphatic heterocycles. The molecule has 2 aliphatic rings. The van der Waals surface area contributed by atoms with Crippen molar-refractivity contribution in [1.82, 2.24) is 15.1 Å². The van der Waals surface area contributed by atoms with E-state index in [-0.39, 0.29) is 0 Å². The number of rotatable bonds is 10. The molecule has 0 radical (unpaired) electrons. The van der Waals surface area contributed by atoms with Crippen molar-refractivity contribution in [2.24, 2.45) is 10.9 Å². The molecule has 29 heavy (non-hydrogen) atoms. The fourth-order valence-corrected chi connectivity index (χ4v) is 3.68. The second-order valence-electron chi connectivity index (χ2n) is 7.92. The minimum Gasteiger partial charge on any atom is -0.493 e. The molecule has 7 nitrogen and oxygen atoms in total. The lowest BCUT2D eigenvalue weighted by molar-refractivity contribution is 0.115. The van der Waals surface area contributed by atoms with Gasteiger partial charge in [0.2, 0.25) is 0 Å². The average Bonchev–Trinajstić information content (AvgIpc) is 3.57. The molecule has 1 aromatic carbocycles. The molecular formula is C22H36N4O3. The predicted molar refractivity (Wildman–Crippen MR) is 116 cm³/mol. The van der Waals surface area contributed by atoms with Gasteiger partial charge in [0.1, 0.15) is 0 Å². The van der Waals surface area contributed by atoms with Crippen molar-refractivity contribution < 1.29 is 14.2 Å². The highest BCUT2D eigenvalue weighted by Crippen LogP contribution is 2.33. The molecule has 1 aliphatic carbocycles. The third kappa shape index (κ3) is 6.24. The van der Waals surface area contributed by atoms with Gasteiger partial charge >= 0.3 is 0 Å². The number of aliphatic imine (C=N–C) groups is 1. The van der Waals surface area contributed by atoms with Gasteiger partial charge in [-0.1, -0.05) is 0 Å². The highest BCUT2D eigenvalue weighted by Gasteiger charge is 2.21. The Morgan fingerprint density at radius 1 is 1.21 bits per heavy atom. The average molecular weight is 405 g/mol. The highest BCUT2D eigenvalue weighted by atomic mass is 16.5. The van der Waals surface area contributed by atoms with Crippen LogP contribution in [0, 0.1) is 5.92 Å². The zero-order chi connectivity index (χ0) is 20.6. The Morgan fingerprint density at radius 2 is 1.93 bits per heavy atom. The summed E-state index contributed by atoms with van der Waals surface area (Å²) in [5.74, 6) is 3.35. The lowest BCUT2D eigenvalue weighted by Gasteiger charge is -2.30. The van der Waals surface area contributed by atoms with Gasteiger partial charge in [0.25, 0.3) is 0 Å². The zero-order valence-electron chi connectivity index (χ0n) is 18.4. The smallest absolute Gasteiger partial charge is 0.193 e. The molecule has 1 heterocycles. The van der Waals surface area contributed by atoms with Crippen LogP contribution in [-0.4, -0.2) is 83.5 Å². The van der Waals surface area contributed by atoms with E-state index in [9.17, 15) is 0 Å². The van der Waals surface area contributed by atoms with Gasteiger partial charge in [-0.2, -0.15) is 0 Å². The van der Waals surface area contributed by atoms with Crippen LogP contribution in [0.4, 0.5) is 0 Å². The molecule has 0 aromatic heterocycles. The summed E-state index contributed by atoms with van der Waals surface area (Å²) in [6, 6.07) is 4.23. The molecule has 0 saturated heterocycles. The number of methoxy groups -OCH3 is 2. The number of likely N-dealkylation sites (N-methyl/N-ethyl adjacent to an activating group) is 1. The monoisotopic (exact) mass is 404 g/mol. The van der Waals surface area contributed by atoms with E-state index in [1.54, 1.807) is 14.2 Å². The van der Waals surface area contributed by atoms with Crippen LogP contribution in [0.5, 0.6) is 11.5 Å². The Hall–Kier alpha value is -1.99. The van der Waals surface area contributed by atoms with Gasteiger partial charge in [0.05, 0.1) is 20.8 Å². The zero-order valence-corrected chi connectivity index (χ0v) is 18.4. The highest BCUT2D eigenvalue weighted by molar-refractivity contribution is 5.79. The van der Waals surface area contributed by atoms with Crippen molar-refractivity contribution >= 4 is 5.96 Å². The first-order valence-electron chi connectivity index (χ1n) is 10.6. The lowest BCUT2D eigenvalue weighted by atomic mass is 9.99. The van der Waals surface area contributed by atoms with Gasteiger partial charge < -0.3 is 24.4 Å². The molecule has 162 valence electrons. The number of guanidine groups is 1. The second kappa shape index (κ2) is 10.7. The van der Waals surface area contributed by atoms with Gasteiger partial charge in [0, 0.05) is 53.4 Å². The van der Waals surface area contributed by atoms with E-state index in [1.807, 2.05) is 7.05 Å². The summed E-state index contributed by atoms with van der Waals surface area (Å²) in [5, 5.41) is 3.48. The summed E-state index contributed by atoms with van der Waals surface area (Å²) in [7, 11) is 7.27. The van der Waals surface area contributed by atoms with Gasteiger partial charge in [-0.15, -0.1) is 0 Å². The van der Waals surface area contributed by atoms with Crippen molar-refractivity contribution in [3.05, 3.63) is 23.3 Å². The lowest BCUT2D eigenvalue weighted by Crippen LogP contribution is -2.44. The first kappa shape index (κ1) is 21.7. The number of hydrogen-bond donors (Lipinski definition) is 1. The fourth-order valence-electron chi connectivity index (χ4n) is 3.68. The summed E-state index contributed by atoms with van der Waals surface area (Å²) >= 11 is 0. The van der Waals surface area contributed by atoms with Crippen molar-refractivity contribution in [2.45, 2.75) is 25.8 Å². The number of benzene rings is 1. The minimum absolute atomic E-state index is 0.752. The van der Waals surface area contributed by atoms with E-state index in [0.717, 1.165) is 75.7 Å². The molecular weight excluding hydrogens is 368 g/mol. The van der Waals surface area contributed by atoms with Gasteiger partial charge in [0.15, 0.2) is 17.5 Å². The van der Waals surface area contributed by atoms with Crippen molar-refractivity contribution in [2.75, 3.05) is 67.7 Å². The first-order valence-corrected chi connectivity index (χ1v) is 10.6. The second-order valence-corrected chi connectivity index (χ2v) is 7.92. The van der Waals surface area contributed by atoms with E-state index >= 15 is 0 Å². The normalized spacial score (nSPS) is 17.0. The fraction of sp³-hybridized carbons (Fsp3) is 0.682. The van der Waals surface area contributed by atoms with Crippen molar-refractivity contribution in [3.8, 4) is 11.5 Å². The maximum atomic E-state index is 5.74. The molecule has 7 heteroatoms. The van der Waals surface area contributed by atoms with Crippen LogP contribution < -0.4 is 14.8 Å². The molecule has 1 aromatic rings. The van der Waals surface area contributed by atoms with Crippen LogP contribution in [0.25, 0.3) is 0 Å². The SMILES string of the molecule is CN=C(NCCN1CCc2cc(OC)c(OC)cc2C1)N(C)CCOCC1CC1.